The van der Waals surface area contributed by atoms with E-state index in [1.54, 1.807) is 13.8 Å². The van der Waals surface area contributed by atoms with Crippen LogP contribution in [0.2, 0.25) is 0 Å². The predicted octanol–water partition coefficient (Wildman–Crippen LogP) is 1.21. The summed E-state index contributed by atoms with van der Waals surface area (Å²) in [5.41, 5.74) is 5.66. The normalized spacial score (nSPS) is 13.1. The lowest BCUT2D eigenvalue weighted by atomic mass is 10.3. The summed E-state index contributed by atoms with van der Waals surface area (Å²) in [5, 5.41) is 0. The fourth-order valence-corrected chi connectivity index (χ4v) is 0.318. The summed E-state index contributed by atoms with van der Waals surface area (Å²) < 4.78 is 11.7. The van der Waals surface area contributed by atoms with Crippen LogP contribution < -0.4 is 5.73 Å². The van der Waals surface area contributed by atoms with Crippen LogP contribution >= 0.6 is 0 Å². The van der Waals surface area contributed by atoms with E-state index >= 15 is 0 Å². The second-order valence-corrected chi connectivity index (χ2v) is 1.69. The first-order valence-electron chi connectivity index (χ1n) is 2.17. The third-order valence-corrected chi connectivity index (χ3v) is 0.493. The van der Waals surface area contributed by atoms with E-state index in [1.165, 1.54) is 6.08 Å². The van der Waals surface area contributed by atoms with E-state index in [4.69, 9.17) is 5.73 Å². The van der Waals surface area contributed by atoms with Gasteiger partial charge in [0, 0.05) is 0 Å². The summed E-state index contributed by atoms with van der Waals surface area (Å²) >= 11 is 0. The van der Waals surface area contributed by atoms with Crippen LogP contribution in [0.1, 0.15) is 13.8 Å². The average Bonchev–Trinajstić information content (AvgIpc) is 1.27. The third kappa shape index (κ3) is 5.63. The molecule has 0 saturated carbocycles. The van der Waals surface area contributed by atoms with Gasteiger partial charge in [-0.05, 0) is 19.9 Å². The Kier molecular flexibility index (Phi) is 2.60. The van der Waals surface area contributed by atoms with E-state index in [-0.39, 0.29) is 0 Å². The molecular formula is C5H10FN. The molecule has 1 nitrogen and oxygen atoms in total. The topological polar surface area (TPSA) is 26.0 Å². The Morgan fingerprint density at radius 2 is 2.14 bits per heavy atom. The van der Waals surface area contributed by atoms with Crippen LogP contribution in [0.4, 0.5) is 4.39 Å². The number of nitrogens with two attached hydrogens (primary N) is 1. The van der Waals surface area contributed by atoms with Crippen molar-refractivity contribution >= 4 is 0 Å². The lowest BCUT2D eigenvalue weighted by Crippen LogP contribution is -2.08. The standard InChI is InChI=1S/C5H10FN/c1-4(2)3-5(6)7/h3,5H,7H2,1-2H3. The van der Waals surface area contributed by atoms with Gasteiger partial charge in [0.05, 0.1) is 0 Å². The molecule has 0 bridgehead atoms. The SMILES string of the molecule is CC(C)=CC(N)F. The van der Waals surface area contributed by atoms with Gasteiger partial charge in [0.1, 0.15) is 0 Å². The van der Waals surface area contributed by atoms with Gasteiger partial charge in [0.2, 0.25) is 0 Å². The summed E-state index contributed by atoms with van der Waals surface area (Å²) in [6.07, 6.45) is 0.0741. The Morgan fingerprint density at radius 3 is 2.14 bits per heavy atom. The molecule has 0 rings (SSSR count). The monoisotopic (exact) mass is 103 g/mol. The van der Waals surface area contributed by atoms with Gasteiger partial charge in [-0.25, -0.2) is 4.39 Å². The lowest BCUT2D eigenvalue weighted by Gasteiger charge is -1.90. The van der Waals surface area contributed by atoms with Crippen LogP contribution in [-0.2, 0) is 0 Å². The maximum atomic E-state index is 11.7. The van der Waals surface area contributed by atoms with Gasteiger partial charge in [-0.3, -0.25) is 5.73 Å². The zero-order valence-corrected chi connectivity index (χ0v) is 4.61. The minimum atomic E-state index is -1.29. The second kappa shape index (κ2) is 2.75. The molecule has 0 aliphatic heterocycles. The van der Waals surface area contributed by atoms with Crippen molar-refractivity contribution in [3.63, 3.8) is 0 Å². The highest BCUT2D eigenvalue weighted by Gasteiger charge is 1.86. The Bertz CT molecular complexity index is 72.1. The zero-order valence-electron chi connectivity index (χ0n) is 4.61. The highest BCUT2D eigenvalue weighted by molar-refractivity contribution is 4.95. The van der Waals surface area contributed by atoms with Gasteiger partial charge < -0.3 is 0 Å². The summed E-state index contributed by atoms with van der Waals surface area (Å²) in [5.74, 6) is 0. The molecule has 2 N–H and O–H groups in total. The maximum absolute atomic E-state index is 11.7. The predicted molar refractivity (Wildman–Crippen MR) is 28.5 cm³/mol. The van der Waals surface area contributed by atoms with Gasteiger partial charge in [0.25, 0.3) is 0 Å². The summed E-state index contributed by atoms with van der Waals surface area (Å²) in [7, 11) is 0. The van der Waals surface area contributed by atoms with E-state index in [2.05, 4.69) is 0 Å². The van der Waals surface area contributed by atoms with Crippen LogP contribution in [0.3, 0.4) is 0 Å². The van der Waals surface area contributed by atoms with E-state index < -0.39 is 6.30 Å². The molecule has 0 aromatic rings. The molecule has 0 saturated heterocycles. The smallest absolute Gasteiger partial charge is 0.167 e. The Balaban J connectivity index is 3.45. The van der Waals surface area contributed by atoms with E-state index in [0.717, 1.165) is 5.57 Å². The summed E-state index contributed by atoms with van der Waals surface area (Å²) in [6, 6.07) is 0. The highest BCUT2D eigenvalue weighted by Crippen LogP contribution is 1.90. The second-order valence-electron chi connectivity index (χ2n) is 1.69. The van der Waals surface area contributed by atoms with E-state index in [1.807, 2.05) is 0 Å². The fourth-order valence-electron chi connectivity index (χ4n) is 0.318. The molecule has 0 spiro atoms. The van der Waals surface area contributed by atoms with Crippen molar-refractivity contribution in [3.8, 4) is 0 Å². The Morgan fingerprint density at radius 1 is 1.71 bits per heavy atom. The lowest BCUT2D eigenvalue weighted by molar-refractivity contribution is 0.411. The Hall–Kier alpha value is -0.370. The number of allylic oxidation sites excluding steroid dienone is 1. The maximum Gasteiger partial charge on any atom is 0.167 e. The number of rotatable bonds is 1. The number of hydrogen-bond donors (Lipinski definition) is 1. The molecule has 1 atom stereocenters. The number of halogens is 1. The first kappa shape index (κ1) is 6.63. The van der Waals surface area contributed by atoms with Crippen molar-refractivity contribution in [1.29, 1.82) is 0 Å². The molecule has 1 unspecified atom stereocenters. The highest BCUT2D eigenvalue weighted by atomic mass is 19.1. The molecular weight excluding hydrogens is 93.1 g/mol. The largest absolute Gasteiger partial charge is 0.298 e. The average molecular weight is 103 g/mol. The van der Waals surface area contributed by atoms with Gasteiger partial charge in [-0.1, -0.05) is 5.57 Å². The molecule has 0 heterocycles. The van der Waals surface area contributed by atoms with Crippen LogP contribution in [-0.4, -0.2) is 6.30 Å². The van der Waals surface area contributed by atoms with Gasteiger partial charge >= 0.3 is 0 Å². The third-order valence-electron chi connectivity index (χ3n) is 0.493. The molecule has 0 aliphatic rings. The van der Waals surface area contributed by atoms with Crippen LogP contribution in [0.15, 0.2) is 11.6 Å². The van der Waals surface area contributed by atoms with E-state index in [9.17, 15) is 4.39 Å². The van der Waals surface area contributed by atoms with E-state index in [0.29, 0.717) is 0 Å². The van der Waals surface area contributed by atoms with Gasteiger partial charge in [0.15, 0.2) is 6.30 Å². The van der Waals surface area contributed by atoms with Crippen molar-refractivity contribution in [2.24, 2.45) is 5.73 Å². The van der Waals surface area contributed by atoms with Gasteiger partial charge in [-0.15, -0.1) is 0 Å². The van der Waals surface area contributed by atoms with Crippen LogP contribution in [0.25, 0.3) is 0 Å². The van der Waals surface area contributed by atoms with Crippen molar-refractivity contribution in [2.75, 3.05) is 0 Å². The number of hydrogen-bond acceptors (Lipinski definition) is 1. The molecule has 0 aromatic heterocycles. The van der Waals surface area contributed by atoms with Crippen molar-refractivity contribution in [2.45, 2.75) is 20.1 Å². The molecule has 0 aliphatic carbocycles. The molecule has 0 aromatic carbocycles. The molecule has 0 radical (unpaired) electrons. The number of alkyl halides is 1. The van der Waals surface area contributed by atoms with Crippen LogP contribution in [0, 0.1) is 0 Å². The fraction of sp³-hybridized carbons (Fsp3) is 0.600. The molecule has 42 valence electrons. The zero-order chi connectivity index (χ0) is 5.86. The van der Waals surface area contributed by atoms with Crippen LogP contribution in [0.5, 0.6) is 0 Å². The first-order chi connectivity index (χ1) is 3.13. The minimum absolute atomic E-state index is 0.912. The van der Waals surface area contributed by atoms with Crippen molar-refractivity contribution < 1.29 is 4.39 Å². The van der Waals surface area contributed by atoms with Gasteiger partial charge in [-0.2, -0.15) is 0 Å². The Labute approximate surface area is 43.0 Å². The quantitative estimate of drug-likeness (QED) is 0.391. The molecule has 0 fully saturated rings. The minimum Gasteiger partial charge on any atom is -0.298 e. The summed E-state index contributed by atoms with van der Waals surface area (Å²) in [6.45, 7) is 3.61. The van der Waals surface area contributed by atoms with Crippen molar-refractivity contribution in [1.82, 2.24) is 0 Å². The summed E-state index contributed by atoms with van der Waals surface area (Å²) in [4.78, 5) is 0. The molecule has 7 heavy (non-hydrogen) atoms. The molecule has 2 heteroatoms. The first-order valence-corrected chi connectivity index (χ1v) is 2.17. The molecule has 0 amide bonds. The van der Waals surface area contributed by atoms with Crippen molar-refractivity contribution in [3.05, 3.63) is 11.6 Å².